The van der Waals surface area contributed by atoms with Crippen LogP contribution in [0.2, 0.25) is 5.02 Å². The van der Waals surface area contributed by atoms with E-state index in [2.05, 4.69) is 5.16 Å². The molecule has 18 heavy (non-hydrogen) atoms. The van der Waals surface area contributed by atoms with Gasteiger partial charge in [-0.3, -0.25) is 0 Å². The molecule has 0 amide bonds. The Balaban J connectivity index is 2.74. The van der Waals surface area contributed by atoms with E-state index in [4.69, 9.17) is 31.3 Å². The summed E-state index contributed by atoms with van der Waals surface area (Å²) >= 11 is 6.25. The maximum absolute atomic E-state index is 6.25. The first-order valence-corrected chi connectivity index (χ1v) is 5.59. The normalized spacial score (nSPS) is 10.4. The van der Waals surface area contributed by atoms with E-state index < -0.39 is 0 Å². The third-order valence-corrected chi connectivity index (χ3v) is 3.19. The van der Waals surface area contributed by atoms with Gasteiger partial charge in [-0.05, 0) is 13.0 Å². The van der Waals surface area contributed by atoms with E-state index in [0.717, 1.165) is 5.56 Å². The summed E-state index contributed by atoms with van der Waals surface area (Å²) in [4.78, 5) is 0. The van der Waals surface area contributed by atoms with Gasteiger partial charge in [0.25, 0.3) is 0 Å². The average Bonchev–Trinajstić information content (AvgIpc) is 2.78. The number of nitrogens with zero attached hydrogens (tertiary/aromatic N) is 1. The number of anilines is 1. The van der Waals surface area contributed by atoms with Crippen molar-refractivity contribution in [3.05, 3.63) is 22.8 Å². The van der Waals surface area contributed by atoms with Crippen molar-refractivity contribution < 1.29 is 14.0 Å². The van der Waals surface area contributed by atoms with Gasteiger partial charge in [-0.1, -0.05) is 16.8 Å². The molecule has 0 spiro atoms. The number of methoxy groups -OCH3 is 2. The minimum Gasteiger partial charge on any atom is -0.496 e. The van der Waals surface area contributed by atoms with Crippen molar-refractivity contribution in [2.75, 3.05) is 20.0 Å². The highest BCUT2D eigenvalue weighted by molar-refractivity contribution is 6.33. The van der Waals surface area contributed by atoms with E-state index in [-0.39, 0.29) is 5.88 Å². The summed E-state index contributed by atoms with van der Waals surface area (Å²) in [6.45, 7) is 1.85. The number of benzene rings is 1. The lowest BCUT2D eigenvalue weighted by molar-refractivity contribution is 0.402. The highest BCUT2D eigenvalue weighted by atomic mass is 35.5. The number of nitrogen functional groups attached to an aromatic ring is 1. The smallest absolute Gasteiger partial charge is 0.230 e. The predicted molar refractivity (Wildman–Crippen MR) is 69.2 cm³/mol. The number of rotatable bonds is 3. The maximum Gasteiger partial charge on any atom is 0.230 e. The number of aromatic nitrogens is 1. The predicted octanol–water partition coefficient (Wildman–Crippen LogP) is 2.90. The molecule has 2 N–H and O–H groups in total. The molecule has 0 saturated heterocycles. The fourth-order valence-electron chi connectivity index (χ4n) is 1.76. The first-order valence-electron chi connectivity index (χ1n) is 5.21. The molecule has 1 heterocycles. The van der Waals surface area contributed by atoms with Gasteiger partial charge in [-0.2, -0.15) is 0 Å². The van der Waals surface area contributed by atoms with Crippen molar-refractivity contribution in [3.8, 4) is 22.6 Å². The van der Waals surface area contributed by atoms with Crippen LogP contribution in [0, 0.1) is 6.92 Å². The first-order chi connectivity index (χ1) is 8.60. The topological polar surface area (TPSA) is 70.5 Å². The van der Waals surface area contributed by atoms with Crippen LogP contribution in [0.3, 0.4) is 0 Å². The van der Waals surface area contributed by atoms with Crippen LogP contribution in [-0.2, 0) is 0 Å². The van der Waals surface area contributed by atoms with Gasteiger partial charge in [0, 0.05) is 11.1 Å². The zero-order chi connectivity index (χ0) is 13.3. The van der Waals surface area contributed by atoms with Crippen molar-refractivity contribution in [3.63, 3.8) is 0 Å². The molecule has 96 valence electrons. The Bertz CT molecular complexity index is 581. The lowest BCUT2D eigenvalue weighted by Gasteiger charge is -2.14. The van der Waals surface area contributed by atoms with Crippen LogP contribution in [0.1, 0.15) is 5.56 Å². The van der Waals surface area contributed by atoms with Gasteiger partial charge in [-0.15, -0.1) is 0 Å². The zero-order valence-corrected chi connectivity index (χ0v) is 11.0. The van der Waals surface area contributed by atoms with Crippen LogP contribution in [-0.4, -0.2) is 19.4 Å². The molecule has 0 saturated carbocycles. The minimum atomic E-state index is 0.204. The molecule has 0 fully saturated rings. The maximum atomic E-state index is 6.25. The molecule has 0 unspecified atom stereocenters. The number of nitrogens with two attached hydrogens (primary N) is 1. The average molecular weight is 269 g/mol. The molecular formula is C12H13ClN2O3. The van der Waals surface area contributed by atoms with E-state index >= 15 is 0 Å². The summed E-state index contributed by atoms with van der Waals surface area (Å²) in [5, 5.41) is 4.12. The standard InChI is InChI=1S/C12H13ClN2O3/c1-6-9(16-2)4-7(11(17-3)10(6)13)8-5-15-18-12(8)14/h4-5H,14H2,1-3H3. The number of hydrogen-bond acceptors (Lipinski definition) is 5. The van der Waals surface area contributed by atoms with Crippen LogP contribution in [0.25, 0.3) is 11.1 Å². The number of hydrogen-bond donors (Lipinski definition) is 1. The first kappa shape index (κ1) is 12.6. The Labute approximate surface area is 109 Å². The zero-order valence-electron chi connectivity index (χ0n) is 10.3. The molecule has 6 heteroatoms. The van der Waals surface area contributed by atoms with E-state index in [1.165, 1.54) is 6.20 Å². The van der Waals surface area contributed by atoms with Crippen molar-refractivity contribution in [1.82, 2.24) is 5.16 Å². The molecule has 0 aliphatic rings. The lowest BCUT2D eigenvalue weighted by Crippen LogP contribution is -1.96. The summed E-state index contributed by atoms with van der Waals surface area (Å²) < 4.78 is 15.4. The fourth-order valence-corrected chi connectivity index (χ4v) is 2.04. The van der Waals surface area contributed by atoms with E-state index in [1.807, 2.05) is 6.92 Å². The van der Waals surface area contributed by atoms with Gasteiger partial charge in [0.05, 0.1) is 31.0 Å². The van der Waals surface area contributed by atoms with Crippen LogP contribution in [0.4, 0.5) is 5.88 Å². The van der Waals surface area contributed by atoms with E-state index in [9.17, 15) is 0 Å². The summed E-state index contributed by atoms with van der Waals surface area (Å²) in [5.74, 6) is 1.37. The number of ether oxygens (including phenoxy) is 2. The summed E-state index contributed by atoms with van der Waals surface area (Å²) in [7, 11) is 3.12. The summed E-state index contributed by atoms with van der Waals surface area (Å²) in [6.07, 6.45) is 1.51. The molecule has 1 aromatic heterocycles. The van der Waals surface area contributed by atoms with Gasteiger partial charge in [-0.25, -0.2) is 0 Å². The third-order valence-electron chi connectivity index (χ3n) is 2.73. The molecular weight excluding hydrogens is 256 g/mol. The molecule has 0 atom stereocenters. The van der Waals surface area contributed by atoms with Gasteiger partial charge >= 0.3 is 0 Å². The molecule has 5 nitrogen and oxygen atoms in total. The second kappa shape index (κ2) is 4.78. The molecule has 0 aliphatic heterocycles. The van der Waals surface area contributed by atoms with E-state index in [0.29, 0.717) is 27.6 Å². The number of halogens is 1. The van der Waals surface area contributed by atoms with Crippen LogP contribution >= 0.6 is 11.6 Å². The monoisotopic (exact) mass is 268 g/mol. The molecule has 1 aromatic carbocycles. The van der Waals surface area contributed by atoms with Gasteiger partial charge in [0.1, 0.15) is 11.5 Å². The largest absolute Gasteiger partial charge is 0.496 e. The Morgan fingerprint density at radius 2 is 2.00 bits per heavy atom. The lowest BCUT2D eigenvalue weighted by atomic mass is 10.0. The van der Waals surface area contributed by atoms with Crippen molar-refractivity contribution in [1.29, 1.82) is 0 Å². The Hall–Kier alpha value is -1.88. The SMILES string of the molecule is COc1cc(-c2cnoc2N)c(OC)c(Cl)c1C. The highest BCUT2D eigenvalue weighted by Crippen LogP contribution is 2.44. The molecule has 2 rings (SSSR count). The quantitative estimate of drug-likeness (QED) is 0.927. The van der Waals surface area contributed by atoms with Crippen molar-refractivity contribution in [2.24, 2.45) is 0 Å². The molecule has 0 bridgehead atoms. The molecule has 0 radical (unpaired) electrons. The molecule has 2 aromatic rings. The summed E-state index contributed by atoms with van der Waals surface area (Å²) in [5.41, 5.74) is 7.81. The van der Waals surface area contributed by atoms with Crippen LogP contribution in [0.15, 0.2) is 16.8 Å². The van der Waals surface area contributed by atoms with Gasteiger partial charge < -0.3 is 19.7 Å². The fraction of sp³-hybridized carbons (Fsp3) is 0.250. The minimum absolute atomic E-state index is 0.204. The van der Waals surface area contributed by atoms with E-state index in [1.54, 1.807) is 20.3 Å². The summed E-state index contributed by atoms with van der Waals surface area (Å²) in [6, 6.07) is 1.79. The Morgan fingerprint density at radius 3 is 2.50 bits per heavy atom. The van der Waals surface area contributed by atoms with Gasteiger partial charge in [0.2, 0.25) is 5.88 Å². The Kier molecular flexibility index (Phi) is 3.34. The highest BCUT2D eigenvalue weighted by Gasteiger charge is 2.19. The second-order valence-electron chi connectivity index (χ2n) is 3.70. The van der Waals surface area contributed by atoms with Gasteiger partial charge in [0.15, 0.2) is 0 Å². The van der Waals surface area contributed by atoms with Crippen molar-refractivity contribution in [2.45, 2.75) is 6.92 Å². The van der Waals surface area contributed by atoms with Crippen LogP contribution in [0.5, 0.6) is 11.5 Å². The molecule has 0 aliphatic carbocycles. The third kappa shape index (κ3) is 1.86. The second-order valence-corrected chi connectivity index (χ2v) is 4.08. The van der Waals surface area contributed by atoms with Crippen LogP contribution < -0.4 is 15.2 Å². The van der Waals surface area contributed by atoms with Crippen molar-refractivity contribution >= 4 is 17.5 Å². The Morgan fingerprint density at radius 1 is 1.28 bits per heavy atom.